The number of nitrogens with one attached hydrogen (secondary N) is 1. The fourth-order valence-electron chi connectivity index (χ4n) is 4.15. The molecule has 3 atom stereocenters. The predicted molar refractivity (Wildman–Crippen MR) is 95.8 cm³/mol. The van der Waals surface area contributed by atoms with Gasteiger partial charge in [0.05, 0.1) is 12.1 Å². The number of hydrogen-bond acceptors (Lipinski definition) is 3. The summed E-state index contributed by atoms with van der Waals surface area (Å²) in [5.41, 5.74) is 2.59. The number of likely N-dealkylation sites (tertiary alicyclic amines) is 1. The molecule has 1 heterocycles. The van der Waals surface area contributed by atoms with Crippen LogP contribution in [0.4, 0.5) is 0 Å². The minimum Gasteiger partial charge on any atom is -0.391 e. The van der Waals surface area contributed by atoms with Crippen molar-refractivity contribution in [2.24, 2.45) is 5.41 Å². The first-order valence-corrected chi connectivity index (χ1v) is 9.10. The molecule has 1 aliphatic heterocycles. The lowest BCUT2D eigenvalue weighted by molar-refractivity contribution is -0.137. The molecule has 0 bridgehead atoms. The summed E-state index contributed by atoms with van der Waals surface area (Å²) < 4.78 is 0. The van der Waals surface area contributed by atoms with E-state index in [-0.39, 0.29) is 29.8 Å². The Balaban J connectivity index is 1.82. The number of rotatable bonds is 2. The minimum atomic E-state index is -0.627. The number of carbonyl (C=O) groups is 2. The van der Waals surface area contributed by atoms with Gasteiger partial charge in [-0.1, -0.05) is 38.1 Å². The Morgan fingerprint density at radius 1 is 1.28 bits per heavy atom. The Bertz CT molecular complexity index is 671. The van der Waals surface area contributed by atoms with Gasteiger partial charge in [0, 0.05) is 19.9 Å². The molecule has 5 nitrogen and oxygen atoms in total. The van der Waals surface area contributed by atoms with Gasteiger partial charge in [0.25, 0.3) is 0 Å². The van der Waals surface area contributed by atoms with E-state index in [1.54, 1.807) is 0 Å². The van der Waals surface area contributed by atoms with Gasteiger partial charge >= 0.3 is 0 Å². The molecule has 0 saturated carbocycles. The predicted octanol–water partition coefficient (Wildman–Crippen LogP) is 2.19. The number of aliphatic hydroxyl groups is 1. The lowest BCUT2D eigenvalue weighted by atomic mass is 9.83. The Kier molecular flexibility index (Phi) is 4.87. The standard InChI is InChI=1S/C20H28N2O3/c1-13(23)22-12-15(24)10-18(22)19(25)21-17-11-20(2,3)9-8-14-6-4-5-7-16(14)17/h4-7,15,17-18,24H,8-12H2,1-3H3,(H,21,25)/t15-,17-,18-/m1/s1. The number of aryl methyl sites for hydroxylation is 1. The molecule has 5 heteroatoms. The first kappa shape index (κ1) is 17.9. The van der Waals surface area contributed by atoms with Crippen LogP contribution in [0.2, 0.25) is 0 Å². The van der Waals surface area contributed by atoms with E-state index in [1.165, 1.54) is 23.0 Å². The minimum absolute atomic E-state index is 0.0623. The number of carbonyl (C=O) groups excluding carboxylic acids is 2. The molecule has 25 heavy (non-hydrogen) atoms. The molecular formula is C20H28N2O3. The molecule has 0 spiro atoms. The summed E-state index contributed by atoms with van der Waals surface area (Å²) in [6.45, 7) is 6.15. The lowest BCUT2D eigenvalue weighted by Gasteiger charge is -2.30. The highest BCUT2D eigenvalue weighted by Crippen LogP contribution is 2.39. The van der Waals surface area contributed by atoms with Crippen molar-refractivity contribution in [3.05, 3.63) is 35.4 Å². The summed E-state index contributed by atoms with van der Waals surface area (Å²) >= 11 is 0. The number of aliphatic hydroxyl groups excluding tert-OH is 1. The molecule has 2 N–H and O–H groups in total. The van der Waals surface area contributed by atoms with Crippen LogP contribution in [0, 0.1) is 5.41 Å². The molecule has 3 rings (SSSR count). The van der Waals surface area contributed by atoms with Crippen molar-refractivity contribution in [2.75, 3.05) is 6.54 Å². The first-order chi connectivity index (χ1) is 11.8. The third-order valence-electron chi connectivity index (χ3n) is 5.56. The number of nitrogens with zero attached hydrogens (tertiary/aromatic N) is 1. The van der Waals surface area contributed by atoms with Crippen LogP contribution in [-0.4, -0.2) is 40.5 Å². The van der Waals surface area contributed by atoms with E-state index >= 15 is 0 Å². The van der Waals surface area contributed by atoms with Crippen LogP contribution in [-0.2, 0) is 16.0 Å². The SMILES string of the molecule is CC(=O)N1C[C@H](O)C[C@@H]1C(=O)N[C@@H]1CC(C)(C)CCc2ccccc21. The van der Waals surface area contributed by atoms with Crippen LogP contribution in [0.5, 0.6) is 0 Å². The van der Waals surface area contributed by atoms with E-state index in [1.807, 2.05) is 12.1 Å². The molecular weight excluding hydrogens is 316 g/mol. The summed E-state index contributed by atoms with van der Waals surface area (Å²) in [6.07, 6.45) is 2.64. The molecule has 0 aromatic heterocycles. The Labute approximate surface area is 149 Å². The van der Waals surface area contributed by atoms with Gasteiger partial charge in [-0.15, -0.1) is 0 Å². The Morgan fingerprint density at radius 3 is 2.72 bits per heavy atom. The van der Waals surface area contributed by atoms with Crippen molar-refractivity contribution >= 4 is 11.8 Å². The quantitative estimate of drug-likeness (QED) is 0.808. The second kappa shape index (κ2) is 6.79. The first-order valence-electron chi connectivity index (χ1n) is 9.10. The van der Waals surface area contributed by atoms with E-state index in [9.17, 15) is 14.7 Å². The maximum absolute atomic E-state index is 12.9. The number of benzene rings is 1. The Morgan fingerprint density at radius 2 is 2.00 bits per heavy atom. The van der Waals surface area contributed by atoms with Gasteiger partial charge in [0.2, 0.25) is 11.8 Å². The highest BCUT2D eigenvalue weighted by molar-refractivity contribution is 5.88. The number of hydrogen-bond donors (Lipinski definition) is 2. The van der Waals surface area contributed by atoms with Crippen LogP contribution in [0.1, 0.15) is 57.2 Å². The largest absolute Gasteiger partial charge is 0.391 e. The smallest absolute Gasteiger partial charge is 0.243 e. The van der Waals surface area contributed by atoms with Gasteiger partial charge in [0.15, 0.2) is 0 Å². The molecule has 1 aliphatic carbocycles. The zero-order chi connectivity index (χ0) is 18.2. The fraction of sp³-hybridized carbons (Fsp3) is 0.600. The maximum Gasteiger partial charge on any atom is 0.243 e. The normalized spacial score (nSPS) is 28.2. The van der Waals surface area contributed by atoms with E-state index < -0.39 is 12.1 Å². The van der Waals surface area contributed by atoms with Crippen LogP contribution in [0.3, 0.4) is 0 Å². The lowest BCUT2D eigenvalue weighted by Crippen LogP contribution is -2.46. The maximum atomic E-state index is 12.9. The van der Waals surface area contributed by atoms with Crippen molar-refractivity contribution in [1.29, 1.82) is 0 Å². The van der Waals surface area contributed by atoms with Crippen LogP contribution >= 0.6 is 0 Å². The molecule has 136 valence electrons. The van der Waals surface area contributed by atoms with Gasteiger partial charge in [-0.3, -0.25) is 9.59 Å². The average molecular weight is 344 g/mol. The van der Waals surface area contributed by atoms with Gasteiger partial charge in [-0.2, -0.15) is 0 Å². The molecule has 0 unspecified atom stereocenters. The monoisotopic (exact) mass is 344 g/mol. The van der Waals surface area contributed by atoms with Gasteiger partial charge < -0.3 is 15.3 Å². The summed E-state index contributed by atoms with van der Waals surface area (Å²) in [5, 5.41) is 13.1. The molecule has 1 aromatic carbocycles. The third-order valence-corrected chi connectivity index (χ3v) is 5.56. The van der Waals surface area contributed by atoms with Gasteiger partial charge in [-0.05, 0) is 35.8 Å². The third kappa shape index (κ3) is 3.87. The number of amides is 2. The topological polar surface area (TPSA) is 69.6 Å². The number of fused-ring (bicyclic) bond motifs is 1. The molecule has 2 aliphatic rings. The summed E-state index contributed by atoms with van der Waals surface area (Å²) in [7, 11) is 0. The van der Waals surface area contributed by atoms with E-state index in [0.29, 0.717) is 6.42 Å². The van der Waals surface area contributed by atoms with Crippen molar-refractivity contribution in [1.82, 2.24) is 10.2 Å². The summed E-state index contributed by atoms with van der Waals surface area (Å²) in [4.78, 5) is 26.2. The van der Waals surface area contributed by atoms with Gasteiger partial charge in [-0.25, -0.2) is 0 Å². The van der Waals surface area contributed by atoms with Crippen molar-refractivity contribution in [2.45, 2.75) is 64.6 Å². The molecule has 1 fully saturated rings. The highest BCUT2D eigenvalue weighted by Gasteiger charge is 2.39. The van der Waals surface area contributed by atoms with Crippen molar-refractivity contribution < 1.29 is 14.7 Å². The molecule has 2 amide bonds. The summed E-state index contributed by atoms with van der Waals surface area (Å²) in [5.74, 6) is -0.331. The van der Waals surface area contributed by atoms with Crippen molar-refractivity contribution in [3.63, 3.8) is 0 Å². The summed E-state index contributed by atoms with van der Waals surface area (Å²) in [6, 6.07) is 7.64. The molecule has 1 aromatic rings. The van der Waals surface area contributed by atoms with E-state index in [0.717, 1.165) is 19.3 Å². The second-order valence-electron chi connectivity index (χ2n) is 8.21. The van der Waals surface area contributed by atoms with Crippen LogP contribution in [0.25, 0.3) is 0 Å². The van der Waals surface area contributed by atoms with Gasteiger partial charge in [0.1, 0.15) is 6.04 Å². The molecule has 1 saturated heterocycles. The van der Waals surface area contributed by atoms with E-state index in [4.69, 9.17) is 0 Å². The van der Waals surface area contributed by atoms with Crippen molar-refractivity contribution in [3.8, 4) is 0 Å². The Hall–Kier alpha value is -1.88. The second-order valence-corrected chi connectivity index (χ2v) is 8.21. The zero-order valence-corrected chi connectivity index (χ0v) is 15.3. The van der Waals surface area contributed by atoms with Crippen LogP contribution in [0.15, 0.2) is 24.3 Å². The fourth-order valence-corrected chi connectivity index (χ4v) is 4.15. The number of β-amino-alcohol motifs (C(OH)–C–C–N with tert-alkyl or cyclic N) is 1. The average Bonchev–Trinajstić information content (AvgIpc) is 2.89. The molecule has 0 radical (unpaired) electrons. The highest BCUT2D eigenvalue weighted by atomic mass is 16.3. The zero-order valence-electron chi connectivity index (χ0n) is 15.3. The van der Waals surface area contributed by atoms with E-state index in [2.05, 4.69) is 31.3 Å². The van der Waals surface area contributed by atoms with Crippen LogP contribution < -0.4 is 5.32 Å².